The van der Waals surface area contributed by atoms with E-state index in [-0.39, 0.29) is 28.3 Å². The van der Waals surface area contributed by atoms with Gasteiger partial charge in [-0.25, -0.2) is 0 Å². The fourth-order valence-electron chi connectivity index (χ4n) is 2.44. The lowest BCUT2D eigenvalue weighted by Crippen LogP contribution is -2.01. The first kappa shape index (κ1) is 21.2. The number of carbonyl (C=O) groups excluding carboxylic acids is 1. The minimum Gasteiger partial charge on any atom is -0.507 e. The van der Waals surface area contributed by atoms with Crippen LogP contribution in [0.4, 0.5) is 11.4 Å². The first-order chi connectivity index (χ1) is 13.7. The Balaban J connectivity index is 0.000000278. The van der Waals surface area contributed by atoms with Crippen molar-refractivity contribution >= 4 is 17.2 Å². The molecule has 0 aliphatic rings. The second-order valence-corrected chi connectivity index (χ2v) is 6.18. The number of aryl methyl sites for hydroxylation is 2. The lowest BCUT2D eigenvalue weighted by molar-refractivity contribution is -0.385. The number of hydrogen-bond donors (Lipinski definition) is 1. The molecular weight excluding hydrogens is 376 g/mol. The van der Waals surface area contributed by atoms with Crippen molar-refractivity contribution in [2.24, 2.45) is 0 Å². The number of rotatable bonds is 4. The fraction of sp³-hybridized carbons (Fsp3) is 0.0952. The van der Waals surface area contributed by atoms with Crippen molar-refractivity contribution in [3.8, 4) is 5.75 Å². The summed E-state index contributed by atoms with van der Waals surface area (Å²) in [6.45, 7) is 3.78. The molecule has 0 aliphatic heterocycles. The standard InChI is InChI=1S/C13H8N2O5.C8H10O/c16-13(9-1-5-11(6-2-9)14(17)18)10-3-7-12(8-4-10)15(19)20;1-6-4-3-5-7(2)8(6)9/h1-8H;3-5,9H,1-2H3. The molecule has 29 heavy (non-hydrogen) atoms. The van der Waals surface area contributed by atoms with Gasteiger partial charge in [0.1, 0.15) is 5.75 Å². The summed E-state index contributed by atoms with van der Waals surface area (Å²) in [5.74, 6) is 0.0623. The van der Waals surface area contributed by atoms with E-state index in [9.17, 15) is 30.1 Å². The Labute approximate surface area is 166 Å². The fourth-order valence-corrected chi connectivity index (χ4v) is 2.44. The Morgan fingerprint density at radius 3 is 1.34 bits per heavy atom. The maximum atomic E-state index is 12.1. The SMILES string of the molecule is Cc1cccc(C)c1O.O=C(c1ccc([N+](=O)[O-])cc1)c1ccc([N+](=O)[O-])cc1. The molecule has 8 heteroatoms. The van der Waals surface area contributed by atoms with Crippen LogP contribution in [0.1, 0.15) is 27.0 Å². The Morgan fingerprint density at radius 1 is 0.724 bits per heavy atom. The number of nitrogens with zero attached hydrogens (tertiary/aromatic N) is 2. The zero-order valence-corrected chi connectivity index (χ0v) is 15.7. The molecule has 148 valence electrons. The zero-order valence-electron chi connectivity index (χ0n) is 15.7. The molecule has 0 fully saturated rings. The molecule has 0 aromatic heterocycles. The van der Waals surface area contributed by atoms with E-state index in [0.29, 0.717) is 5.75 Å². The van der Waals surface area contributed by atoms with Gasteiger partial charge in [-0.3, -0.25) is 25.0 Å². The number of hydrogen-bond acceptors (Lipinski definition) is 6. The zero-order chi connectivity index (χ0) is 21.6. The van der Waals surface area contributed by atoms with Crippen LogP contribution < -0.4 is 0 Å². The molecule has 3 rings (SSSR count). The first-order valence-electron chi connectivity index (χ1n) is 8.49. The van der Waals surface area contributed by atoms with Gasteiger partial charge in [0.25, 0.3) is 11.4 Å². The van der Waals surface area contributed by atoms with Gasteiger partial charge in [0, 0.05) is 35.4 Å². The predicted octanol–water partition coefficient (Wildman–Crippen LogP) is 4.74. The van der Waals surface area contributed by atoms with Crippen LogP contribution in [0.2, 0.25) is 0 Å². The number of carbonyl (C=O) groups is 1. The summed E-state index contributed by atoms with van der Waals surface area (Å²) in [5.41, 5.74) is 2.23. The maximum absolute atomic E-state index is 12.1. The third-order valence-electron chi connectivity index (χ3n) is 4.12. The Hall–Kier alpha value is -4.07. The summed E-state index contributed by atoms with van der Waals surface area (Å²) in [7, 11) is 0. The molecule has 0 radical (unpaired) electrons. The summed E-state index contributed by atoms with van der Waals surface area (Å²) in [5, 5.41) is 30.2. The van der Waals surface area contributed by atoms with Crippen LogP contribution in [-0.2, 0) is 0 Å². The van der Waals surface area contributed by atoms with Crippen LogP contribution >= 0.6 is 0 Å². The van der Waals surface area contributed by atoms with E-state index in [0.717, 1.165) is 11.1 Å². The van der Waals surface area contributed by atoms with Gasteiger partial charge in [-0.1, -0.05) is 18.2 Å². The number of para-hydroxylation sites is 1. The molecular formula is C21H18N2O6. The second kappa shape index (κ2) is 9.23. The molecule has 0 atom stereocenters. The molecule has 1 N–H and O–H groups in total. The minimum absolute atomic E-state index is 0.106. The van der Waals surface area contributed by atoms with Crippen molar-refractivity contribution in [1.82, 2.24) is 0 Å². The van der Waals surface area contributed by atoms with Crippen molar-refractivity contribution in [3.63, 3.8) is 0 Å². The Kier molecular flexibility index (Phi) is 6.75. The van der Waals surface area contributed by atoms with Gasteiger partial charge in [0.15, 0.2) is 5.78 Å². The topological polar surface area (TPSA) is 124 Å². The highest BCUT2D eigenvalue weighted by Gasteiger charge is 2.13. The lowest BCUT2D eigenvalue weighted by atomic mass is 10.0. The number of phenolic OH excluding ortho intramolecular Hbond substituents is 1. The number of benzene rings is 3. The molecule has 0 aliphatic carbocycles. The quantitative estimate of drug-likeness (QED) is 0.387. The van der Waals surface area contributed by atoms with Crippen LogP contribution in [0, 0.1) is 34.1 Å². The highest BCUT2D eigenvalue weighted by atomic mass is 16.6. The van der Waals surface area contributed by atoms with Crippen molar-refractivity contribution in [2.45, 2.75) is 13.8 Å². The van der Waals surface area contributed by atoms with Crippen LogP contribution in [-0.4, -0.2) is 20.7 Å². The first-order valence-corrected chi connectivity index (χ1v) is 8.49. The highest BCUT2D eigenvalue weighted by Crippen LogP contribution is 2.19. The molecule has 0 unspecified atom stereocenters. The molecule has 8 nitrogen and oxygen atoms in total. The van der Waals surface area contributed by atoms with Crippen molar-refractivity contribution in [2.75, 3.05) is 0 Å². The Bertz CT molecular complexity index is 964. The number of aromatic hydroxyl groups is 1. The van der Waals surface area contributed by atoms with Gasteiger partial charge in [-0.05, 0) is 49.2 Å². The van der Waals surface area contributed by atoms with Gasteiger partial charge >= 0.3 is 0 Å². The van der Waals surface area contributed by atoms with Gasteiger partial charge in [-0.2, -0.15) is 0 Å². The van der Waals surface area contributed by atoms with E-state index in [2.05, 4.69) is 0 Å². The van der Waals surface area contributed by atoms with Crippen LogP contribution in [0.3, 0.4) is 0 Å². The van der Waals surface area contributed by atoms with E-state index in [4.69, 9.17) is 0 Å². The molecule has 0 heterocycles. The summed E-state index contributed by atoms with van der Waals surface area (Å²) in [4.78, 5) is 32.0. The van der Waals surface area contributed by atoms with E-state index < -0.39 is 9.85 Å². The normalized spacial score (nSPS) is 9.86. The van der Waals surface area contributed by atoms with E-state index in [1.807, 2.05) is 32.0 Å². The number of phenols is 1. The van der Waals surface area contributed by atoms with E-state index >= 15 is 0 Å². The van der Waals surface area contributed by atoms with Crippen molar-refractivity contribution < 1.29 is 19.7 Å². The third-order valence-corrected chi connectivity index (χ3v) is 4.12. The summed E-state index contributed by atoms with van der Waals surface area (Å²) < 4.78 is 0. The molecule has 0 saturated carbocycles. The van der Waals surface area contributed by atoms with Gasteiger partial charge in [-0.15, -0.1) is 0 Å². The van der Waals surface area contributed by atoms with Gasteiger partial charge in [0.05, 0.1) is 9.85 Å². The van der Waals surface area contributed by atoms with E-state index in [1.54, 1.807) is 0 Å². The number of ketones is 1. The average molecular weight is 394 g/mol. The predicted molar refractivity (Wildman–Crippen MR) is 107 cm³/mol. The molecule has 3 aromatic rings. The largest absolute Gasteiger partial charge is 0.507 e. The van der Waals surface area contributed by atoms with Crippen molar-refractivity contribution in [1.29, 1.82) is 0 Å². The van der Waals surface area contributed by atoms with E-state index in [1.165, 1.54) is 48.5 Å². The number of nitro groups is 2. The van der Waals surface area contributed by atoms with Gasteiger partial charge in [0.2, 0.25) is 0 Å². The minimum atomic E-state index is -0.555. The molecule has 0 spiro atoms. The molecule has 0 bridgehead atoms. The van der Waals surface area contributed by atoms with Crippen LogP contribution in [0.25, 0.3) is 0 Å². The van der Waals surface area contributed by atoms with Gasteiger partial charge < -0.3 is 5.11 Å². The summed E-state index contributed by atoms with van der Waals surface area (Å²) in [6.07, 6.45) is 0. The van der Waals surface area contributed by atoms with Crippen LogP contribution in [0.15, 0.2) is 66.7 Å². The third kappa shape index (κ3) is 5.46. The molecule has 0 saturated heterocycles. The summed E-state index contributed by atoms with van der Waals surface area (Å²) >= 11 is 0. The lowest BCUT2D eigenvalue weighted by Gasteiger charge is -2.01. The highest BCUT2D eigenvalue weighted by molar-refractivity contribution is 6.09. The maximum Gasteiger partial charge on any atom is 0.269 e. The molecule has 0 amide bonds. The summed E-state index contributed by atoms with van der Waals surface area (Å²) in [6, 6.07) is 16.1. The Morgan fingerprint density at radius 2 is 1.07 bits per heavy atom. The monoisotopic (exact) mass is 394 g/mol. The second-order valence-electron chi connectivity index (χ2n) is 6.18. The number of non-ortho nitro benzene ring substituents is 2. The van der Waals surface area contributed by atoms with Crippen LogP contribution in [0.5, 0.6) is 5.75 Å². The average Bonchev–Trinajstić information content (AvgIpc) is 2.72. The van der Waals surface area contributed by atoms with Crippen molar-refractivity contribution in [3.05, 3.63) is 109 Å². The number of nitro benzene ring substituents is 2. The molecule has 3 aromatic carbocycles. The smallest absolute Gasteiger partial charge is 0.269 e.